The molecule has 3 aromatic carbocycles. The van der Waals surface area contributed by atoms with Crippen LogP contribution in [-0.2, 0) is 6.54 Å². The van der Waals surface area contributed by atoms with E-state index < -0.39 is 0 Å². The molecule has 0 unspecified atom stereocenters. The van der Waals surface area contributed by atoms with E-state index in [2.05, 4.69) is 21.7 Å². The van der Waals surface area contributed by atoms with Crippen molar-refractivity contribution in [3.05, 3.63) is 105 Å². The Morgan fingerprint density at radius 2 is 1.81 bits per heavy atom. The number of nitrogen functional groups attached to an aromatic ring is 1. The first-order chi connectivity index (χ1) is 15.6. The van der Waals surface area contributed by atoms with Crippen molar-refractivity contribution in [2.75, 3.05) is 11.1 Å². The van der Waals surface area contributed by atoms with Gasteiger partial charge >= 0.3 is 5.69 Å². The standard InChI is InChI=1S/C25H20N4O2S/c26-20-3-1-2-4-21(20)27-24(30)17-7-5-16(6-8-17)14-29-23-10-9-18(19-11-12-32-15-19)13-22(23)28-25(29)31/h1-13,15H,14,26H2,(H,27,30)(H,28,31). The number of aromatic nitrogens is 2. The summed E-state index contributed by atoms with van der Waals surface area (Å²) in [7, 11) is 0. The maximum absolute atomic E-state index is 12.6. The molecular formula is C25H20N4O2S. The molecule has 0 bridgehead atoms. The molecule has 158 valence electrons. The van der Waals surface area contributed by atoms with E-state index in [9.17, 15) is 9.59 Å². The molecule has 0 radical (unpaired) electrons. The van der Waals surface area contributed by atoms with Gasteiger partial charge < -0.3 is 16.0 Å². The van der Waals surface area contributed by atoms with E-state index in [1.54, 1.807) is 40.2 Å². The van der Waals surface area contributed by atoms with Crippen molar-refractivity contribution in [3.8, 4) is 11.1 Å². The molecule has 0 aliphatic carbocycles. The molecule has 0 spiro atoms. The molecular weight excluding hydrogens is 420 g/mol. The maximum atomic E-state index is 12.6. The summed E-state index contributed by atoms with van der Waals surface area (Å²) in [5.74, 6) is -0.236. The van der Waals surface area contributed by atoms with Crippen LogP contribution >= 0.6 is 11.3 Å². The Bertz CT molecular complexity index is 1460. The highest BCUT2D eigenvalue weighted by Crippen LogP contribution is 2.25. The summed E-state index contributed by atoms with van der Waals surface area (Å²) in [6, 6.07) is 22.4. The van der Waals surface area contributed by atoms with E-state index >= 15 is 0 Å². The maximum Gasteiger partial charge on any atom is 0.326 e. The van der Waals surface area contributed by atoms with Crippen LogP contribution in [0.3, 0.4) is 0 Å². The van der Waals surface area contributed by atoms with Crippen LogP contribution in [0.4, 0.5) is 11.4 Å². The number of H-pyrrole nitrogens is 1. The van der Waals surface area contributed by atoms with Crippen molar-refractivity contribution < 1.29 is 4.79 Å². The quantitative estimate of drug-likeness (QED) is 0.338. The van der Waals surface area contributed by atoms with E-state index in [0.717, 1.165) is 27.7 Å². The summed E-state index contributed by atoms with van der Waals surface area (Å²) in [5.41, 5.74) is 12.1. The Labute approximate surface area is 188 Å². The molecule has 0 aliphatic rings. The molecule has 32 heavy (non-hydrogen) atoms. The number of amides is 1. The highest BCUT2D eigenvalue weighted by molar-refractivity contribution is 7.08. The van der Waals surface area contributed by atoms with Crippen LogP contribution in [0.5, 0.6) is 0 Å². The molecule has 2 heterocycles. The fourth-order valence-electron chi connectivity index (χ4n) is 3.68. The van der Waals surface area contributed by atoms with Crippen molar-refractivity contribution in [3.63, 3.8) is 0 Å². The predicted octanol–water partition coefficient (Wildman–Crippen LogP) is 4.94. The first-order valence-electron chi connectivity index (χ1n) is 10.1. The molecule has 6 nitrogen and oxygen atoms in total. The van der Waals surface area contributed by atoms with E-state index in [-0.39, 0.29) is 11.6 Å². The Hall–Kier alpha value is -4.10. The van der Waals surface area contributed by atoms with Crippen molar-refractivity contribution in [1.29, 1.82) is 0 Å². The van der Waals surface area contributed by atoms with Crippen molar-refractivity contribution in [1.82, 2.24) is 9.55 Å². The van der Waals surface area contributed by atoms with Crippen LogP contribution in [0.2, 0.25) is 0 Å². The van der Waals surface area contributed by atoms with Gasteiger partial charge in [-0.15, -0.1) is 0 Å². The molecule has 1 amide bonds. The number of nitrogens with one attached hydrogen (secondary N) is 2. The molecule has 0 atom stereocenters. The number of hydrogen-bond donors (Lipinski definition) is 3. The summed E-state index contributed by atoms with van der Waals surface area (Å²) >= 11 is 1.64. The third-order valence-corrected chi connectivity index (χ3v) is 6.08. The van der Waals surface area contributed by atoms with Crippen LogP contribution in [0.15, 0.2) is 88.4 Å². The first kappa shape index (κ1) is 19.8. The van der Waals surface area contributed by atoms with Crippen LogP contribution < -0.4 is 16.7 Å². The number of hydrogen-bond acceptors (Lipinski definition) is 4. The molecule has 0 saturated carbocycles. The fourth-order valence-corrected chi connectivity index (χ4v) is 4.34. The van der Waals surface area contributed by atoms with E-state index in [4.69, 9.17) is 5.73 Å². The lowest BCUT2D eigenvalue weighted by Gasteiger charge is -2.09. The molecule has 2 aromatic heterocycles. The lowest BCUT2D eigenvalue weighted by atomic mass is 10.1. The molecule has 0 aliphatic heterocycles. The molecule has 5 rings (SSSR count). The number of rotatable bonds is 5. The molecule has 0 saturated heterocycles. The fraction of sp³-hybridized carbons (Fsp3) is 0.0400. The number of nitrogens with two attached hydrogens (primary N) is 1. The number of para-hydroxylation sites is 2. The smallest absolute Gasteiger partial charge is 0.326 e. The minimum atomic E-state index is -0.236. The second-order valence-corrected chi connectivity index (χ2v) is 8.28. The van der Waals surface area contributed by atoms with Crippen molar-refractivity contribution >= 4 is 39.7 Å². The molecule has 0 fully saturated rings. The van der Waals surface area contributed by atoms with Gasteiger partial charge in [0, 0.05) is 5.56 Å². The van der Waals surface area contributed by atoms with Gasteiger partial charge in [-0.3, -0.25) is 9.36 Å². The average molecular weight is 441 g/mol. The third kappa shape index (κ3) is 3.81. The normalized spacial score (nSPS) is 11.0. The number of aromatic amines is 1. The lowest BCUT2D eigenvalue weighted by molar-refractivity contribution is 0.102. The monoisotopic (exact) mass is 440 g/mol. The SMILES string of the molecule is Nc1ccccc1NC(=O)c1ccc(Cn2c(=O)[nH]c3cc(-c4ccsc4)ccc32)cc1. The number of fused-ring (bicyclic) bond motifs is 1. The van der Waals surface area contributed by atoms with Gasteiger partial charge in [0.25, 0.3) is 5.91 Å². The van der Waals surface area contributed by atoms with Gasteiger partial charge in [-0.2, -0.15) is 11.3 Å². The van der Waals surface area contributed by atoms with Crippen LogP contribution in [0, 0.1) is 0 Å². The number of carbonyl (C=O) groups excluding carboxylic acids is 1. The molecule has 7 heteroatoms. The Kier molecular flexibility index (Phi) is 5.09. The van der Waals surface area contributed by atoms with E-state index in [1.165, 1.54) is 0 Å². The largest absolute Gasteiger partial charge is 0.397 e. The first-order valence-corrected chi connectivity index (χ1v) is 11.0. The predicted molar refractivity (Wildman–Crippen MR) is 130 cm³/mol. The second kappa shape index (κ2) is 8.20. The lowest BCUT2D eigenvalue weighted by Crippen LogP contribution is -2.17. The highest BCUT2D eigenvalue weighted by atomic mass is 32.1. The zero-order valence-corrected chi connectivity index (χ0v) is 17.9. The van der Waals surface area contributed by atoms with Gasteiger partial charge in [0.2, 0.25) is 0 Å². The van der Waals surface area contributed by atoms with Gasteiger partial charge in [-0.05, 0) is 69.9 Å². The highest BCUT2D eigenvalue weighted by Gasteiger charge is 2.11. The Morgan fingerprint density at radius 3 is 2.56 bits per heavy atom. The molecule has 5 aromatic rings. The van der Waals surface area contributed by atoms with E-state index in [0.29, 0.717) is 23.5 Å². The van der Waals surface area contributed by atoms with Crippen LogP contribution in [0.1, 0.15) is 15.9 Å². The second-order valence-electron chi connectivity index (χ2n) is 7.50. The van der Waals surface area contributed by atoms with Crippen LogP contribution in [-0.4, -0.2) is 15.5 Å². The number of anilines is 2. The van der Waals surface area contributed by atoms with Gasteiger partial charge in [-0.25, -0.2) is 4.79 Å². The Balaban J connectivity index is 1.36. The van der Waals surface area contributed by atoms with Crippen molar-refractivity contribution in [2.24, 2.45) is 0 Å². The number of nitrogens with zero attached hydrogens (tertiary/aromatic N) is 1. The van der Waals surface area contributed by atoms with Crippen molar-refractivity contribution in [2.45, 2.75) is 6.54 Å². The summed E-state index contributed by atoms with van der Waals surface area (Å²) in [6.45, 7) is 0.407. The Morgan fingerprint density at radius 1 is 1.00 bits per heavy atom. The number of benzene rings is 3. The zero-order chi connectivity index (χ0) is 22.1. The number of imidazole rings is 1. The van der Waals surface area contributed by atoms with Gasteiger partial charge in [0.15, 0.2) is 0 Å². The molecule has 4 N–H and O–H groups in total. The summed E-state index contributed by atoms with van der Waals surface area (Å²) < 4.78 is 1.70. The summed E-state index contributed by atoms with van der Waals surface area (Å²) in [4.78, 5) is 28.1. The minimum absolute atomic E-state index is 0.163. The number of carbonyl (C=O) groups is 1. The number of thiophene rings is 1. The van der Waals surface area contributed by atoms with Gasteiger partial charge in [0.05, 0.1) is 29.0 Å². The minimum Gasteiger partial charge on any atom is -0.397 e. The summed E-state index contributed by atoms with van der Waals surface area (Å²) in [6.07, 6.45) is 0. The van der Waals surface area contributed by atoms with Gasteiger partial charge in [-0.1, -0.05) is 30.3 Å². The van der Waals surface area contributed by atoms with Gasteiger partial charge in [0.1, 0.15) is 0 Å². The third-order valence-electron chi connectivity index (χ3n) is 5.39. The summed E-state index contributed by atoms with van der Waals surface area (Å²) in [5, 5.41) is 6.94. The topological polar surface area (TPSA) is 92.9 Å². The average Bonchev–Trinajstić information content (AvgIpc) is 3.44. The van der Waals surface area contributed by atoms with E-state index in [1.807, 2.05) is 47.8 Å². The van der Waals surface area contributed by atoms with Crippen LogP contribution in [0.25, 0.3) is 22.2 Å². The zero-order valence-electron chi connectivity index (χ0n) is 17.0.